The van der Waals surface area contributed by atoms with Gasteiger partial charge in [0.25, 0.3) is 0 Å². The van der Waals surface area contributed by atoms with Crippen LogP contribution in [0.3, 0.4) is 0 Å². The third kappa shape index (κ3) is 3.16. The fraction of sp³-hybridized carbons (Fsp3) is 0.222. The summed E-state index contributed by atoms with van der Waals surface area (Å²) in [4.78, 5) is 24.7. The van der Waals surface area contributed by atoms with Crippen LogP contribution in [0, 0.1) is 0 Å². The predicted molar refractivity (Wildman–Crippen MR) is 94.2 cm³/mol. The number of benzene rings is 1. The molecule has 2 aromatic heterocycles. The van der Waals surface area contributed by atoms with Crippen molar-refractivity contribution in [3.8, 4) is 10.6 Å². The van der Waals surface area contributed by atoms with Crippen LogP contribution in [0.1, 0.15) is 29.8 Å². The van der Waals surface area contributed by atoms with Crippen molar-refractivity contribution in [2.45, 2.75) is 24.4 Å². The summed E-state index contributed by atoms with van der Waals surface area (Å²) in [5.41, 5.74) is 2.70. The van der Waals surface area contributed by atoms with Crippen LogP contribution in [0.25, 0.3) is 10.6 Å². The number of carbonyl (C=O) groups is 1. The van der Waals surface area contributed by atoms with Crippen molar-refractivity contribution in [1.29, 1.82) is 0 Å². The minimum atomic E-state index is -0.852. The van der Waals surface area contributed by atoms with Crippen LogP contribution < -0.4 is 5.32 Å². The van der Waals surface area contributed by atoms with Crippen molar-refractivity contribution in [3.63, 3.8) is 0 Å². The molecule has 3 atom stereocenters. The maximum atomic E-state index is 11.5. The number of nitrogens with zero attached hydrogens (tertiary/aromatic N) is 3. The Hall–Kier alpha value is -2.64. The summed E-state index contributed by atoms with van der Waals surface area (Å²) in [5.74, 6) is -0.921. The van der Waals surface area contributed by atoms with E-state index in [-0.39, 0.29) is 12.0 Å². The normalized spacial score (nSPS) is 22.8. The molecule has 0 aliphatic carbocycles. The van der Waals surface area contributed by atoms with Gasteiger partial charge in [-0.25, -0.2) is 4.98 Å². The van der Waals surface area contributed by atoms with E-state index >= 15 is 0 Å². The zero-order valence-corrected chi connectivity index (χ0v) is 14.1. The molecule has 25 heavy (non-hydrogen) atoms. The monoisotopic (exact) mass is 352 g/mol. The summed E-state index contributed by atoms with van der Waals surface area (Å²) in [7, 11) is 0. The van der Waals surface area contributed by atoms with E-state index in [9.17, 15) is 9.90 Å². The van der Waals surface area contributed by atoms with E-state index in [4.69, 9.17) is 4.98 Å². The average molecular weight is 352 g/mol. The van der Waals surface area contributed by atoms with E-state index in [1.807, 2.05) is 35.7 Å². The highest BCUT2D eigenvalue weighted by Crippen LogP contribution is 2.40. The maximum absolute atomic E-state index is 11.5. The summed E-state index contributed by atoms with van der Waals surface area (Å²) < 4.78 is 0. The molecular formula is C18H16N4O2S. The van der Waals surface area contributed by atoms with Crippen molar-refractivity contribution >= 4 is 17.3 Å². The molecule has 0 spiro atoms. The predicted octanol–water partition coefficient (Wildman–Crippen LogP) is 2.87. The van der Waals surface area contributed by atoms with E-state index in [1.165, 1.54) is 0 Å². The first-order valence-electron chi connectivity index (χ1n) is 7.98. The molecule has 0 radical (unpaired) electrons. The van der Waals surface area contributed by atoms with E-state index in [0.29, 0.717) is 6.42 Å². The Balaban J connectivity index is 1.67. The SMILES string of the molecule is O=C(O)C1CC(c2cnccn2)C(c2csc(-c3ccccc3)n2)N1. The van der Waals surface area contributed by atoms with Crippen LogP contribution in [-0.2, 0) is 4.79 Å². The van der Waals surface area contributed by atoms with Crippen molar-refractivity contribution < 1.29 is 9.90 Å². The third-order valence-corrected chi connectivity index (χ3v) is 5.30. The lowest BCUT2D eigenvalue weighted by molar-refractivity contribution is -0.139. The van der Waals surface area contributed by atoms with Crippen molar-refractivity contribution in [2.24, 2.45) is 0 Å². The molecule has 4 rings (SSSR count). The number of aromatic nitrogens is 3. The van der Waals surface area contributed by atoms with E-state index < -0.39 is 12.0 Å². The molecule has 1 aliphatic heterocycles. The first kappa shape index (κ1) is 15.9. The maximum Gasteiger partial charge on any atom is 0.320 e. The Kier molecular flexibility index (Phi) is 4.25. The Bertz CT molecular complexity index is 869. The topological polar surface area (TPSA) is 88.0 Å². The summed E-state index contributed by atoms with van der Waals surface area (Å²) in [6.45, 7) is 0. The van der Waals surface area contributed by atoms with E-state index in [0.717, 1.165) is 22.0 Å². The lowest BCUT2D eigenvalue weighted by Crippen LogP contribution is -2.32. The Morgan fingerprint density at radius 3 is 2.76 bits per heavy atom. The van der Waals surface area contributed by atoms with Crippen molar-refractivity contribution in [1.82, 2.24) is 20.3 Å². The van der Waals surface area contributed by atoms with Gasteiger partial charge < -0.3 is 5.11 Å². The van der Waals surface area contributed by atoms with Gasteiger partial charge in [0.15, 0.2) is 0 Å². The Morgan fingerprint density at radius 2 is 2.04 bits per heavy atom. The molecule has 7 heteroatoms. The quantitative estimate of drug-likeness (QED) is 0.751. The third-order valence-electron chi connectivity index (χ3n) is 4.40. The first-order chi connectivity index (χ1) is 12.2. The number of hydrogen-bond acceptors (Lipinski definition) is 6. The Morgan fingerprint density at radius 1 is 1.20 bits per heavy atom. The van der Waals surface area contributed by atoms with Gasteiger partial charge in [-0.2, -0.15) is 0 Å². The molecule has 1 aliphatic rings. The summed E-state index contributed by atoms with van der Waals surface area (Å²) in [5, 5.41) is 15.5. The molecule has 0 bridgehead atoms. The zero-order chi connectivity index (χ0) is 17.2. The molecule has 1 aromatic carbocycles. The van der Waals surface area contributed by atoms with Gasteiger partial charge >= 0.3 is 5.97 Å². The number of thiazole rings is 1. The minimum Gasteiger partial charge on any atom is -0.480 e. The molecule has 1 fully saturated rings. The molecule has 6 nitrogen and oxygen atoms in total. The molecule has 0 saturated carbocycles. The zero-order valence-electron chi connectivity index (χ0n) is 13.2. The number of nitrogens with one attached hydrogen (secondary N) is 1. The highest BCUT2D eigenvalue weighted by Gasteiger charge is 2.40. The minimum absolute atomic E-state index is 0.0690. The summed E-state index contributed by atoms with van der Waals surface area (Å²) >= 11 is 1.56. The van der Waals surface area contributed by atoms with Crippen LogP contribution in [0.5, 0.6) is 0 Å². The fourth-order valence-corrected chi connectivity index (χ4v) is 4.05. The first-order valence-corrected chi connectivity index (χ1v) is 8.86. The highest BCUT2D eigenvalue weighted by molar-refractivity contribution is 7.13. The van der Waals surface area contributed by atoms with Gasteiger partial charge in [0.05, 0.1) is 17.4 Å². The standard InChI is InChI=1S/C18H16N4O2S/c23-18(24)13-8-12(14-9-19-6-7-20-14)16(21-13)15-10-25-17(22-15)11-4-2-1-3-5-11/h1-7,9-10,12-13,16,21H,8H2,(H,23,24). The van der Waals surface area contributed by atoms with Crippen LogP contribution >= 0.6 is 11.3 Å². The average Bonchev–Trinajstić information content (AvgIpc) is 3.30. The van der Waals surface area contributed by atoms with Gasteiger partial charge in [-0.15, -0.1) is 11.3 Å². The van der Waals surface area contributed by atoms with Gasteiger partial charge in [0.1, 0.15) is 11.0 Å². The number of rotatable bonds is 4. The number of hydrogen-bond donors (Lipinski definition) is 2. The number of aliphatic carboxylic acids is 1. The second-order valence-electron chi connectivity index (χ2n) is 5.95. The van der Waals surface area contributed by atoms with E-state index in [1.54, 1.807) is 29.9 Å². The molecular weight excluding hydrogens is 336 g/mol. The van der Waals surface area contributed by atoms with Gasteiger partial charge in [0.2, 0.25) is 0 Å². The molecule has 1 saturated heterocycles. The largest absolute Gasteiger partial charge is 0.480 e. The second kappa shape index (κ2) is 6.70. The van der Waals surface area contributed by atoms with Crippen LogP contribution in [0.2, 0.25) is 0 Å². The van der Waals surface area contributed by atoms with Gasteiger partial charge in [0, 0.05) is 35.5 Å². The summed E-state index contributed by atoms with van der Waals surface area (Å²) in [6, 6.07) is 9.17. The molecule has 3 unspecified atom stereocenters. The molecule has 3 aromatic rings. The fourth-order valence-electron chi connectivity index (χ4n) is 3.19. The second-order valence-corrected chi connectivity index (χ2v) is 6.81. The highest BCUT2D eigenvalue weighted by atomic mass is 32.1. The smallest absolute Gasteiger partial charge is 0.320 e. The van der Waals surface area contributed by atoms with E-state index in [2.05, 4.69) is 15.3 Å². The number of carboxylic acid groups (broad SMARTS) is 1. The molecule has 126 valence electrons. The molecule has 3 heterocycles. The number of carboxylic acids is 1. The van der Waals surface area contributed by atoms with Gasteiger partial charge in [-0.1, -0.05) is 30.3 Å². The van der Waals surface area contributed by atoms with Crippen LogP contribution in [0.15, 0.2) is 54.3 Å². The lowest BCUT2D eigenvalue weighted by atomic mass is 9.94. The van der Waals surface area contributed by atoms with Crippen molar-refractivity contribution in [2.75, 3.05) is 0 Å². The Labute approximate surface area is 148 Å². The lowest BCUT2D eigenvalue weighted by Gasteiger charge is -2.16. The summed E-state index contributed by atoms with van der Waals surface area (Å²) in [6.07, 6.45) is 5.42. The van der Waals surface area contributed by atoms with Crippen molar-refractivity contribution in [3.05, 3.63) is 65.7 Å². The van der Waals surface area contributed by atoms with Gasteiger partial charge in [-0.3, -0.25) is 20.1 Å². The molecule has 0 amide bonds. The van der Waals surface area contributed by atoms with Gasteiger partial charge in [-0.05, 0) is 6.42 Å². The molecule has 2 N–H and O–H groups in total. The van der Waals surface area contributed by atoms with Crippen LogP contribution in [-0.4, -0.2) is 32.1 Å². The van der Waals surface area contributed by atoms with Crippen LogP contribution in [0.4, 0.5) is 0 Å².